The predicted molar refractivity (Wildman–Crippen MR) is 74.7 cm³/mol. The zero-order valence-corrected chi connectivity index (χ0v) is 12.0. The number of nitrogens with zero attached hydrogens (tertiary/aromatic N) is 1. The number of rotatable bonds is 6. The number of carbonyl (C=O) groups is 2. The van der Waals surface area contributed by atoms with Crippen LogP contribution < -0.4 is 0 Å². The molecule has 0 heterocycles. The number of carbonyl (C=O) groups excluding carboxylic acids is 1. The summed E-state index contributed by atoms with van der Waals surface area (Å²) < 4.78 is 0. The highest BCUT2D eigenvalue weighted by Gasteiger charge is 2.14. The fourth-order valence-electron chi connectivity index (χ4n) is 1.58. The molecule has 4 nitrogen and oxygen atoms in total. The van der Waals surface area contributed by atoms with E-state index in [1.807, 2.05) is 0 Å². The van der Waals surface area contributed by atoms with Gasteiger partial charge in [-0.3, -0.25) is 9.59 Å². The van der Waals surface area contributed by atoms with Crippen molar-refractivity contribution in [3.63, 3.8) is 0 Å². The minimum absolute atomic E-state index is 0.0461. The van der Waals surface area contributed by atoms with Crippen LogP contribution in [0.3, 0.4) is 0 Å². The molecule has 0 spiro atoms. The van der Waals surface area contributed by atoms with E-state index in [-0.39, 0.29) is 18.7 Å². The highest BCUT2D eigenvalue weighted by molar-refractivity contribution is 6.36. The van der Waals surface area contributed by atoms with Crippen molar-refractivity contribution in [1.29, 1.82) is 0 Å². The van der Waals surface area contributed by atoms with E-state index in [2.05, 4.69) is 0 Å². The maximum Gasteiger partial charge on any atom is 0.303 e. The molecule has 1 aromatic rings. The summed E-state index contributed by atoms with van der Waals surface area (Å²) in [5.41, 5.74) is 0.598. The van der Waals surface area contributed by atoms with Crippen LogP contribution in [0.25, 0.3) is 0 Å². The van der Waals surface area contributed by atoms with Crippen molar-refractivity contribution < 1.29 is 14.7 Å². The van der Waals surface area contributed by atoms with Gasteiger partial charge in [-0.2, -0.15) is 0 Å². The van der Waals surface area contributed by atoms with E-state index in [1.54, 1.807) is 25.2 Å². The summed E-state index contributed by atoms with van der Waals surface area (Å²) in [5.74, 6) is -1.00. The third-order valence-electron chi connectivity index (χ3n) is 2.70. The highest BCUT2D eigenvalue weighted by Crippen LogP contribution is 2.25. The van der Waals surface area contributed by atoms with Gasteiger partial charge in [-0.15, -0.1) is 0 Å². The second-order valence-corrected chi connectivity index (χ2v) is 5.00. The van der Waals surface area contributed by atoms with Crippen LogP contribution in [0, 0.1) is 0 Å². The highest BCUT2D eigenvalue weighted by atomic mass is 35.5. The Kier molecular flexibility index (Phi) is 6.12. The van der Waals surface area contributed by atoms with Gasteiger partial charge in [0, 0.05) is 30.1 Å². The number of halogens is 2. The average molecular weight is 304 g/mol. The first-order valence-corrected chi connectivity index (χ1v) is 6.56. The molecule has 0 radical (unpaired) electrons. The van der Waals surface area contributed by atoms with Crippen molar-refractivity contribution in [2.75, 3.05) is 13.6 Å². The summed E-state index contributed by atoms with van der Waals surface area (Å²) in [6.07, 6.45) is 0.584. The number of likely N-dealkylation sites (N-methyl/N-ethyl adjacent to an activating group) is 1. The van der Waals surface area contributed by atoms with Gasteiger partial charge in [0.1, 0.15) is 0 Å². The van der Waals surface area contributed by atoms with Crippen LogP contribution in [0.5, 0.6) is 0 Å². The Hall–Kier alpha value is -1.26. The summed E-state index contributed by atoms with van der Waals surface area (Å²) in [6, 6.07) is 5.08. The van der Waals surface area contributed by atoms with E-state index in [0.29, 0.717) is 28.6 Å². The maximum absolute atomic E-state index is 12.0. The molecule has 0 atom stereocenters. The number of carboxylic acids is 1. The van der Waals surface area contributed by atoms with Crippen LogP contribution in [-0.4, -0.2) is 35.5 Å². The molecule has 19 heavy (non-hydrogen) atoms. The second kappa shape index (κ2) is 7.36. The zero-order valence-electron chi connectivity index (χ0n) is 10.5. The van der Waals surface area contributed by atoms with E-state index < -0.39 is 5.97 Å². The van der Waals surface area contributed by atoms with Crippen LogP contribution in [0.4, 0.5) is 0 Å². The normalized spacial score (nSPS) is 10.3. The summed E-state index contributed by atoms with van der Waals surface area (Å²) in [5, 5.41) is 9.45. The summed E-state index contributed by atoms with van der Waals surface area (Å²) >= 11 is 12.0. The Bertz CT molecular complexity index is 457. The lowest BCUT2D eigenvalue weighted by Gasteiger charge is -2.17. The number of hydrogen-bond donors (Lipinski definition) is 1. The molecular weight excluding hydrogens is 289 g/mol. The van der Waals surface area contributed by atoms with E-state index in [9.17, 15) is 9.59 Å². The standard InChI is InChI=1S/C13H15Cl2NO3/c1-16(7-3-6-13(18)19)12(17)8-9-10(14)4-2-5-11(9)15/h2,4-5H,3,6-8H2,1H3,(H,18,19). The largest absolute Gasteiger partial charge is 0.481 e. The molecule has 0 saturated heterocycles. The Morgan fingerprint density at radius 1 is 1.26 bits per heavy atom. The van der Waals surface area contributed by atoms with Gasteiger partial charge in [0.05, 0.1) is 6.42 Å². The van der Waals surface area contributed by atoms with Gasteiger partial charge in [0.2, 0.25) is 5.91 Å². The molecule has 1 N–H and O–H groups in total. The van der Waals surface area contributed by atoms with Crippen LogP contribution in [0.15, 0.2) is 18.2 Å². The van der Waals surface area contributed by atoms with Gasteiger partial charge < -0.3 is 10.0 Å². The third-order valence-corrected chi connectivity index (χ3v) is 3.41. The van der Waals surface area contributed by atoms with Gasteiger partial charge >= 0.3 is 5.97 Å². The molecule has 0 unspecified atom stereocenters. The minimum atomic E-state index is -0.866. The molecule has 104 valence electrons. The Morgan fingerprint density at radius 3 is 2.37 bits per heavy atom. The lowest BCUT2D eigenvalue weighted by Crippen LogP contribution is -2.29. The summed E-state index contributed by atoms with van der Waals surface area (Å²) in [7, 11) is 1.63. The van der Waals surface area contributed by atoms with Crippen molar-refractivity contribution >= 4 is 35.1 Å². The molecule has 1 amide bonds. The SMILES string of the molecule is CN(CCCC(=O)O)C(=O)Cc1c(Cl)cccc1Cl. The number of amides is 1. The number of hydrogen-bond acceptors (Lipinski definition) is 2. The first-order valence-electron chi connectivity index (χ1n) is 5.80. The maximum atomic E-state index is 12.0. The van der Waals surface area contributed by atoms with Crippen molar-refractivity contribution in [2.24, 2.45) is 0 Å². The Balaban J connectivity index is 2.57. The topological polar surface area (TPSA) is 57.6 Å². The van der Waals surface area contributed by atoms with Crippen LogP contribution in [0.2, 0.25) is 10.0 Å². The Morgan fingerprint density at radius 2 is 1.84 bits per heavy atom. The van der Waals surface area contributed by atoms with E-state index in [4.69, 9.17) is 28.3 Å². The molecule has 0 aromatic heterocycles. The molecule has 0 aliphatic heterocycles. The molecule has 1 rings (SSSR count). The van der Waals surface area contributed by atoms with E-state index in [0.717, 1.165) is 0 Å². The van der Waals surface area contributed by atoms with E-state index in [1.165, 1.54) is 4.90 Å². The van der Waals surface area contributed by atoms with Crippen LogP contribution in [0.1, 0.15) is 18.4 Å². The van der Waals surface area contributed by atoms with Crippen LogP contribution in [-0.2, 0) is 16.0 Å². The molecule has 0 bridgehead atoms. The second-order valence-electron chi connectivity index (χ2n) is 4.19. The fraction of sp³-hybridized carbons (Fsp3) is 0.385. The molecule has 0 aliphatic rings. The number of carboxylic acid groups (broad SMARTS) is 1. The Labute approximate surface area is 121 Å². The van der Waals surface area contributed by atoms with Crippen molar-refractivity contribution in [3.05, 3.63) is 33.8 Å². The first kappa shape index (κ1) is 15.8. The van der Waals surface area contributed by atoms with Crippen molar-refractivity contribution in [1.82, 2.24) is 4.90 Å². The van der Waals surface area contributed by atoms with Crippen LogP contribution >= 0.6 is 23.2 Å². The first-order chi connectivity index (χ1) is 8.91. The molecule has 0 fully saturated rings. The number of benzene rings is 1. The van der Waals surface area contributed by atoms with Gasteiger partial charge in [-0.25, -0.2) is 0 Å². The summed E-state index contributed by atoms with van der Waals surface area (Å²) in [4.78, 5) is 23.8. The zero-order chi connectivity index (χ0) is 14.4. The molecule has 1 aromatic carbocycles. The van der Waals surface area contributed by atoms with Gasteiger partial charge in [0.25, 0.3) is 0 Å². The molecule has 0 saturated carbocycles. The van der Waals surface area contributed by atoms with E-state index >= 15 is 0 Å². The number of aliphatic carboxylic acids is 1. The molecule has 0 aliphatic carbocycles. The smallest absolute Gasteiger partial charge is 0.303 e. The minimum Gasteiger partial charge on any atom is -0.481 e. The third kappa shape index (κ3) is 5.09. The molecule has 6 heteroatoms. The van der Waals surface area contributed by atoms with Gasteiger partial charge in [0.15, 0.2) is 0 Å². The quantitative estimate of drug-likeness (QED) is 0.879. The summed E-state index contributed by atoms with van der Waals surface area (Å²) in [6.45, 7) is 0.396. The lowest BCUT2D eigenvalue weighted by atomic mass is 10.1. The van der Waals surface area contributed by atoms with Gasteiger partial charge in [-0.05, 0) is 24.1 Å². The fourth-order valence-corrected chi connectivity index (χ4v) is 2.11. The lowest BCUT2D eigenvalue weighted by molar-refractivity contribution is -0.138. The van der Waals surface area contributed by atoms with Crippen molar-refractivity contribution in [3.8, 4) is 0 Å². The monoisotopic (exact) mass is 303 g/mol. The molecular formula is C13H15Cl2NO3. The van der Waals surface area contributed by atoms with Crippen molar-refractivity contribution in [2.45, 2.75) is 19.3 Å². The predicted octanol–water partition coefficient (Wildman–Crippen LogP) is 2.86. The average Bonchev–Trinajstić information content (AvgIpc) is 2.33. The van der Waals surface area contributed by atoms with Gasteiger partial charge in [-0.1, -0.05) is 29.3 Å².